The molecule has 0 aromatic carbocycles. The van der Waals surface area contributed by atoms with E-state index in [9.17, 15) is 9.59 Å². The van der Waals surface area contributed by atoms with Gasteiger partial charge in [-0.2, -0.15) is 0 Å². The van der Waals surface area contributed by atoms with Gasteiger partial charge in [0.05, 0.1) is 13.1 Å². The highest BCUT2D eigenvalue weighted by Gasteiger charge is 2.28. The zero-order chi connectivity index (χ0) is 14.8. The summed E-state index contributed by atoms with van der Waals surface area (Å²) in [6.45, 7) is 6.41. The highest BCUT2D eigenvalue weighted by atomic mass is 16.2. The molecule has 1 fully saturated rings. The normalized spacial score (nSPS) is 16.1. The number of carbonyl (C=O) groups excluding carboxylic acids is 2. The molecular formula is C16H30N2O2. The molecule has 1 rings (SSSR count). The molecule has 4 heteroatoms. The predicted octanol–water partition coefficient (Wildman–Crippen LogP) is 2.82. The van der Waals surface area contributed by atoms with E-state index in [4.69, 9.17) is 0 Å². The molecule has 0 unspecified atom stereocenters. The van der Waals surface area contributed by atoms with Crippen LogP contribution in [0.1, 0.15) is 65.2 Å². The minimum absolute atomic E-state index is 0.122. The van der Waals surface area contributed by atoms with Crippen LogP contribution in [0.15, 0.2) is 0 Å². The molecule has 0 N–H and O–H groups in total. The van der Waals surface area contributed by atoms with E-state index in [1.54, 1.807) is 9.80 Å². The summed E-state index contributed by atoms with van der Waals surface area (Å²) < 4.78 is 0. The molecule has 1 saturated heterocycles. The molecule has 0 radical (unpaired) electrons. The van der Waals surface area contributed by atoms with Crippen molar-refractivity contribution >= 4 is 11.8 Å². The van der Waals surface area contributed by atoms with Crippen LogP contribution in [0, 0.1) is 0 Å². The number of amides is 2. The molecule has 1 heterocycles. The molecule has 0 atom stereocenters. The SMILES string of the molecule is CCCCCCN1CC(=O)N(CCCCCC)CC1=O. The fourth-order valence-corrected chi connectivity index (χ4v) is 2.57. The summed E-state index contributed by atoms with van der Waals surface area (Å²) in [6.07, 6.45) is 9.13. The molecule has 0 spiro atoms. The lowest BCUT2D eigenvalue weighted by atomic mass is 10.1. The summed E-state index contributed by atoms with van der Waals surface area (Å²) in [5.41, 5.74) is 0. The fourth-order valence-electron chi connectivity index (χ4n) is 2.57. The quantitative estimate of drug-likeness (QED) is 0.578. The smallest absolute Gasteiger partial charge is 0.242 e. The maximum absolute atomic E-state index is 12.0. The lowest BCUT2D eigenvalue weighted by molar-refractivity contribution is -0.150. The van der Waals surface area contributed by atoms with Crippen molar-refractivity contribution in [3.63, 3.8) is 0 Å². The third-order valence-corrected chi connectivity index (χ3v) is 3.92. The topological polar surface area (TPSA) is 40.6 Å². The predicted molar refractivity (Wildman–Crippen MR) is 81.4 cm³/mol. The van der Waals surface area contributed by atoms with Crippen molar-refractivity contribution < 1.29 is 9.59 Å². The number of unbranched alkanes of at least 4 members (excludes halogenated alkanes) is 6. The van der Waals surface area contributed by atoms with Crippen LogP contribution < -0.4 is 0 Å². The van der Waals surface area contributed by atoms with Crippen LogP contribution in [0.4, 0.5) is 0 Å². The van der Waals surface area contributed by atoms with Crippen molar-refractivity contribution in [2.45, 2.75) is 65.2 Å². The van der Waals surface area contributed by atoms with Crippen LogP contribution >= 0.6 is 0 Å². The van der Waals surface area contributed by atoms with E-state index in [2.05, 4.69) is 13.8 Å². The van der Waals surface area contributed by atoms with Crippen molar-refractivity contribution in [2.75, 3.05) is 26.2 Å². The number of carbonyl (C=O) groups is 2. The van der Waals surface area contributed by atoms with Gasteiger partial charge < -0.3 is 9.80 Å². The molecule has 4 nitrogen and oxygen atoms in total. The van der Waals surface area contributed by atoms with E-state index in [-0.39, 0.29) is 11.8 Å². The van der Waals surface area contributed by atoms with Gasteiger partial charge in [0.2, 0.25) is 11.8 Å². The Morgan fingerprint density at radius 2 is 1.10 bits per heavy atom. The zero-order valence-corrected chi connectivity index (χ0v) is 13.2. The minimum Gasteiger partial charge on any atom is -0.332 e. The Bertz CT molecular complexity index is 275. The third kappa shape index (κ3) is 5.93. The molecule has 20 heavy (non-hydrogen) atoms. The number of hydrogen-bond donors (Lipinski definition) is 0. The van der Waals surface area contributed by atoms with Crippen LogP contribution in [0.3, 0.4) is 0 Å². The van der Waals surface area contributed by atoms with Crippen molar-refractivity contribution in [3.8, 4) is 0 Å². The summed E-state index contributed by atoms with van der Waals surface area (Å²) in [6, 6.07) is 0. The number of hydrogen-bond acceptors (Lipinski definition) is 2. The third-order valence-electron chi connectivity index (χ3n) is 3.92. The van der Waals surface area contributed by atoms with Crippen LogP contribution in [0.25, 0.3) is 0 Å². The van der Waals surface area contributed by atoms with Crippen LogP contribution in [-0.2, 0) is 9.59 Å². The summed E-state index contributed by atoms with van der Waals surface area (Å²) in [7, 11) is 0. The standard InChI is InChI=1S/C16H30N2O2/c1-3-5-7-9-11-17-13-16(20)18(14-15(17)19)12-10-8-6-4-2/h3-14H2,1-2H3. The Kier molecular flexibility index (Phi) is 8.31. The first-order valence-corrected chi connectivity index (χ1v) is 8.24. The second kappa shape index (κ2) is 9.78. The van der Waals surface area contributed by atoms with E-state index in [1.165, 1.54) is 25.7 Å². The van der Waals surface area contributed by atoms with Crippen LogP contribution in [-0.4, -0.2) is 47.8 Å². The lowest BCUT2D eigenvalue weighted by Crippen LogP contribution is -2.54. The first-order chi connectivity index (χ1) is 9.69. The van der Waals surface area contributed by atoms with Crippen LogP contribution in [0.2, 0.25) is 0 Å². The Hall–Kier alpha value is -1.06. The molecule has 0 aromatic rings. The van der Waals surface area contributed by atoms with Crippen LogP contribution in [0.5, 0.6) is 0 Å². The van der Waals surface area contributed by atoms with Crippen molar-refractivity contribution in [3.05, 3.63) is 0 Å². The Labute approximate surface area is 123 Å². The minimum atomic E-state index is 0.122. The molecule has 1 aliphatic heterocycles. The molecule has 0 aliphatic carbocycles. The van der Waals surface area contributed by atoms with Gasteiger partial charge in [-0.1, -0.05) is 52.4 Å². The monoisotopic (exact) mass is 282 g/mol. The fraction of sp³-hybridized carbons (Fsp3) is 0.875. The average Bonchev–Trinajstić information content (AvgIpc) is 2.44. The van der Waals surface area contributed by atoms with Gasteiger partial charge in [-0.15, -0.1) is 0 Å². The maximum Gasteiger partial charge on any atom is 0.242 e. The zero-order valence-electron chi connectivity index (χ0n) is 13.2. The van der Waals surface area contributed by atoms with Gasteiger partial charge in [0, 0.05) is 13.1 Å². The Morgan fingerprint density at radius 3 is 1.45 bits per heavy atom. The van der Waals surface area contributed by atoms with Gasteiger partial charge in [0.1, 0.15) is 0 Å². The summed E-state index contributed by atoms with van der Waals surface area (Å²) in [4.78, 5) is 27.5. The molecule has 0 saturated carbocycles. The number of piperazine rings is 1. The summed E-state index contributed by atoms with van der Waals surface area (Å²) >= 11 is 0. The van der Waals surface area contributed by atoms with E-state index >= 15 is 0 Å². The van der Waals surface area contributed by atoms with Gasteiger partial charge in [0.25, 0.3) is 0 Å². The molecule has 2 amide bonds. The average molecular weight is 282 g/mol. The molecule has 0 bridgehead atoms. The first-order valence-electron chi connectivity index (χ1n) is 8.24. The first kappa shape index (κ1) is 17.0. The molecule has 0 aromatic heterocycles. The molecule has 1 aliphatic rings. The van der Waals surface area contributed by atoms with Gasteiger partial charge in [-0.25, -0.2) is 0 Å². The van der Waals surface area contributed by atoms with E-state index in [1.807, 2.05) is 0 Å². The van der Waals surface area contributed by atoms with Gasteiger partial charge in [0.15, 0.2) is 0 Å². The van der Waals surface area contributed by atoms with E-state index < -0.39 is 0 Å². The largest absolute Gasteiger partial charge is 0.332 e. The Balaban J connectivity index is 2.26. The van der Waals surface area contributed by atoms with E-state index in [0.29, 0.717) is 13.1 Å². The van der Waals surface area contributed by atoms with Crippen molar-refractivity contribution in [1.82, 2.24) is 9.80 Å². The highest BCUT2D eigenvalue weighted by molar-refractivity contribution is 5.92. The highest BCUT2D eigenvalue weighted by Crippen LogP contribution is 2.10. The summed E-state index contributed by atoms with van der Waals surface area (Å²) in [5, 5.41) is 0. The number of rotatable bonds is 10. The summed E-state index contributed by atoms with van der Waals surface area (Å²) in [5.74, 6) is 0.244. The van der Waals surface area contributed by atoms with Crippen molar-refractivity contribution in [2.24, 2.45) is 0 Å². The van der Waals surface area contributed by atoms with Gasteiger partial charge >= 0.3 is 0 Å². The second-order valence-electron chi connectivity index (χ2n) is 5.75. The van der Waals surface area contributed by atoms with Crippen molar-refractivity contribution in [1.29, 1.82) is 0 Å². The molecule has 116 valence electrons. The van der Waals surface area contributed by atoms with Gasteiger partial charge in [-0.05, 0) is 12.8 Å². The maximum atomic E-state index is 12.0. The number of nitrogens with zero attached hydrogens (tertiary/aromatic N) is 2. The van der Waals surface area contributed by atoms with Gasteiger partial charge in [-0.3, -0.25) is 9.59 Å². The van der Waals surface area contributed by atoms with E-state index in [0.717, 1.165) is 38.8 Å². The molecular weight excluding hydrogens is 252 g/mol. The second-order valence-corrected chi connectivity index (χ2v) is 5.75. The Morgan fingerprint density at radius 1 is 0.700 bits per heavy atom. The lowest BCUT2D eigenvalue weighted by Gasteiger charge is -2.34.